The number of carbonyl (C=O) groups excluding carboxylic acids is 2. The second kappa shape index (κ2) is 8.62. The fourth-order valence-electron chi connectivity index (χ4n) is 4.20. The van der Waals surface area contributed by atoms with Gasteiger partial charge >= 0.3 is 5.69 Å². The maximum absolute atomic E-state index is 12.9. The standard InChI is InChI=1S/C23H25N5O5/c1-14(21(29)24-15-6-7-16-17(12-15)26-23(31)25-16)27-8-10-28(11-9-27)22(30)20-13-32-18-4-2-3-5-19(18)33-20/h2-7,12,14,20H,8-11,13H2,1H3,(H,24,29)(H2,25,26,31)/t14-,20-/m1/s1. The van der Waals surface area contributed by atoms with Gasteiger partial charge in [-0.05, 0) is 37.3 Å². The van der Waals surface area contributed by atoms with Crippen molar-refractivity contribution in [2.45, 2.75) is 19.1 Å². The zero-order chi connectivity index (χ0) is 22.9. The number of para-hydroxylation sites is 2. The number of H-pyrrole nitrogens is 2. The Hall–Kier alpha value is -3.79. The molecule has 0 unspecified atom stereocenters. The fraction of sp³-hybridized carbons (Fsp3) is 0.348. The Labute approximate surface area is 189 Å². The van der Waals surface area contributed by atoms with Crippen molar-refractivity contribution in [3.05, 3.63) is 52.9 Å². The highest BCUT2D eigenvalue weighted by atomic mass is 16.6. The van der Waals surface area contributed by atoms with E-state index in [1.807, 2.05) is 30.0 Å². The third-order valence-electron chi connectivity index (χ3n) is 6.12. The minimum absolute atomic E-state index is 0.102. The monoisotopic (exact) mass is 451 g/mol. The first-order valence-electron chi connectivity index (χ1n) is 10.9. The van der Waals surface area contributed by atoms with Crippen LogP contribution in [0.4, 0.5) is 5.69 Å². The number of aromatic amines is 2. The van der Waals surface area contributed by atoms with Gasteiger partial charge in [-0.15, -0.1) is 0 Å². The molecular weight excluding hydrogens is 426 g/mol. The van der Waals surface area contributed by atoms with Crippen molar-refractivity contribution < 1.29 is 19.1 Å². The number of ether oxygens (including phenoxy) is 2. The molecule has 10 heteroatoms. The number of piperazine rings is 1. The van der Waals surface area contributed by atoms with Gasteiger partial charge in [0.15, 0.2) is 11.5 Å². The van der Waals surface area contributed by atoms with Crippen LogP contribution in [0.2, 0.25) is 0 Å². The van der Waals surface area contributed by atoms with Gasteiger partial charge in [0.05, 0.1) is 17.1 Å². The van der Waals surface area contributed by atoms with Crippen LogP contribution in [0, 0.1) is 0 Å². The zero-order valence-corrected chi connectivity index (χ0v) is 18.2. The molecular formula is C23H25N5O5. The second-order valence-electron chi connectivity index (χ2n) is 8.23. The molecule has 1 saturated heterocycles. The first kappa shape index (κ1) is 21.1. The normalized spacial score (nSPS) is 19.3. The largest absolute Gasteiger partial charge is 0.485 e. The Kier molecular flexibility index (Phi) is 5.51. The quantitative estimate of drug-likeness (QED) is 0.548. The highest BCUT2D eigenvalue weighted by molar-refractivity contribution is 5.96. The van der Waals surface area contributed by atoms with Gasteiger partial charge in [-0.2, -0.15) is 0 Å². The van der Waals surface area contributed by atoms with Crippen molar-refractivity contribution >= 4 is 28.5 Å². The van der Waals surface area contributed by atoms with E-state index in [1.54, 1.807) is 29.2 Å². The number of carbonyl (C=O) groups is 2. The summed E-state index contributed by atoms with van der Waals surface area (Å²) in [4.78, 5) is 46.3. The fourth-order valence-corrected chi connectivity index (χ4v) is 4.20. The highest BCUT2D eigenvalue weighted by Gasteiger charge is 2.34. The van der Waals surface area contributed by atoms with E-state index < -0.39 is 6.10 Å². The number of imidazole rings is 1. The summed E-state index contributed by atoms with van der Waals surface area (Å²) in [6, 6.07) is 12.2. The van der Waals surface area contributed by atoms with Crippen LogP contribution >= 0.6 is 0 Å². The maximum Gasteiger partial charge on any atom is 0.323 e. The van der Waals surface area contributed by atoms with Crippen molar-refractivity contribution in [2.24, 2.45) is 0 Å². The maximum atomic E-state index is 12.9. The van der Waals surface area contributed by atoms with E-state index in [0.717, 1.165) is 0 Å². The molecule has 2 aliphatic heterocycles. The van der Waals surface area contributed by atoms with Crippen LogP contribution in [0.15, 0.2) is 47.3 Å². The smallest absolute Gasteiger partial charge is 0.323 e. The first-order valence-corrected chi connectivity index (χ1v) is 10.9. The molecule has 0 radical (unpaired) electrons. The topological polar surface area (TPSA) is 120 Å². The van der Waals surface area contributed by atoms with Gasteiger partial charge in [0.25, 0.3) is 5.91 Å². The molecule has 2 atom stereocenters. The van der Waals surface area contributed by atoms with Crippen molar-refractivity contribution in [1.29, 1.82) is 0 Å². The predicted molar refractivity (Wildman–Crippen MR) is 122 cm³/mol. The molecule has 0 saturated carbocycles. The lowest BCUT2D eigenvalue weighted by molar-refractivity contribution is -0.143. The van der Waals surface area contributed by atoms with Gasteiger partial charge in [-0.1, -0.05) is 12.1 Å². The Balaban J connectivity index is 1.15. The van der Waals surface area contributed by atoms with Crippen molar-refractivity contribution in [3.8, 4) is 11.5 Å². The SMILES string of the molecule is C[C@H](C(=O)Nc1ccc2[nH]c(=O)[nH]c2c1)N1CCN(C(=O)[C@H]2COc3ccccc3O2)CC1. The number of amides is 2. The Morgan fingerprint density at radius 2 is 1.76 bits per heavy atom. The minimum Gasteiger partial charge on any atom is -0.485 e. The van der Waals surface area contributed by atoms with Gasteiger partial charge < -0.3 is 29.7 Å². The number of aromatic nitrogens is 2. The molecule has 2 aliphatic rings. The summed E-state index contributed by atoms with van der Waals surface area (Å²) in [6.45, 7) is 4.20. The van der Waals surface area contributed by atoms with E-state index in [0.29, 0.717) is 54.4 Å². The highest BCUT2D eigenvalue weighted by Crippen LogP contribution is 2.31. The number of hydrogen-bond donors (Lipinski definition) is 3. The van der Waals surface area contributed by atoms with Crippen LogP contribution < -0.4 is 20.5 Å². The van der Waals surface area contributed by atoms with Gasteiger partial charge in [0.1, 0.15) is 6.61 Å². The van der Waals surface area contributed by atoms with Crippen LogP contribution in [-0.2, 0) is 9.59 Å². The van der Waals surface area contributed by atoms with Crippen LogP contribution in [-0.4, -0.2) is 76.5 Å². The molecule has 10 nitrogen and oxygen atoms in total. The summed E-state index contributed by atoms with van der Waals surface area (Å²) in [5, 5.41) is 2.90. The first-order chi connectivity index (χ1) is 16.0. The summed E-state index contributed by atoms with van der Waals surface area (Å²) in [5.74, 6) is 0.976. The molecule has 0 aliphatic carbocycles. The molecule has 3 N–H and O–H groups in total. The summed E-state index contributed by atoms with van der Waals surface area (Å²) in [7, 11) is 0. The molecule has 0 spiro atoms. The number of fused-ring (bicyclic) bond motifs is 2. The number of nitrogens with zero attached hydrogens (tertiary/aromatic N) is 2. The van der Waals surface area contributed by atoms with Crippen LogP contribution in [0.3, 0.4) is 0 Å². The van der Waals surface area contributed by atoms with Crippen LogP contribution in [0.5, 0.6) is 11.5 Å². The molecule has 2 amide bonds. The van der Waals surface area contributed by atoms with E-state index in [2.05, 4.69) is 15.3 Å². The average Bonchev–Trinajstić information content (AvgIpc) is 3.22. The predicted octanol–water partition coefficient (Wildman–Crippen LogP) is 1.17. The Bertz CT molecular complexity index is 1240. The Morgan fingerprint density at radius 3 is 2.55 bits per heavy atom. The number of rotatable bonds is 4. The van der Waals surface area contributed by atoms with Gasteiger partial charge in [0, 0.05) is 31.9 Å². The van der Waals surface area contributed by atoms with Crippen molar-refractivity contribution in [2.75, 3.05) is 38.1 Å². The molecule has 1 aromatic heterocycles. The molecule has 3 aromatic rings. The summed E-state index contributed by atoms with van der Waals surface area (Å²) < 4.78 is 11.5. The molecule has 33 heavy (non-hydrogen) atoms. The van der Waals surface area contributed by atoms with E-state index in [-0.39, 0.29) is 30.2 Å². The molecule has 2 aromatic carbocycles. The minimum atomic E-state index is -0.665. The number of nitrogens with one attached hydrogen (secondary N) is 3. The van der Waals surface area contributed by atoms with Gasteiger partial charge in [0.2, 0.25) is 12.0 Å². The van der Waals surface area contributed by atoms with E-state index >= 15 is 0 Å². The lowest BCUT2D eigenvalue weighted by atomic mass is 10.2. The third-order valence-corrected chi connectivity index (χ3v) is 6.12. The van der Waals surface area contributed by atoms with Gasteiger partial charge in [-0.25, -0.2) is 4.79 Å². The zero-order valence-electron chi connectivity index (χ0n) is 18.2. The number of hydrogen-bond acceptors (Lipinski definition) is 6. The Morgan fingerprint density at radius 1 is 1.03 bits per heavy atom. The summed E-state index contributed by atoms with van der Waals surface area (Å²) >= 11 is 0. The van der Waals surface area contributed by atoms with Crippen LogP contribution in [0.1, 0.15) is 6.92 Å². The van der Waals surface area contributed by atoms with Crippen molar-refractivity contribution in [1.82, 2.24) is 19.8 Å². The van der Waals surface area contributed by atoms with Gasteiger partial charge in [-0.3, -0.25) is 14.5 Å². The molecule has 0 bridgehead atoms. The summed E-state index contributed by atoms with van der Waals surface area (Å²) in [6.07, 6.45) is -0.665. The number of anilines is 1. The summed E-state index contributed by atoms with van der Waals surface area (Å²) in [5.41, 5.74) is 1.64. The molecule has 172 valence electrons. The third kappa shape index (κ3) is 4.29. The van der Waals surface area contributed by atoms with E-state index in [9.17, 15) is 14.4 Å². The van der Waals surface area contributed by atoms with E-state index in [1.165, 1.54) is 0 Å². The van der Waals surface area contributed by atoms with Crippen molar-refractivity contribution in [3.63, 3.8) is 0 Å². The molecule has 1 fully saturated rings. The average molecular weight is 451 g/mol. The molecule has 3 heterocycles. The van der Waals surface area contributed by atoms with E-state index in [4.69, 9.17) is 9.47 Å². The molecule has 5 rings (SSSR count). The van der Waals surface area contributed by atoms with Crippen LogP contribution in [0.25, 0.3) is 11.0 Å². The number of benzene rings is 2. The lowest BCUT2D eigenvalue weighted by Crippen LogP contribution is -2.57. The lowest BCUT2D eigenvalue weighted by Gasteiger charge is -2.39. The second-order valence-corrected chi connectivity index (χ2v) is 8.23.